The van der Waals surface area contributed by atoms with Crippen molar-refractivity contribution in [3.63, 3.8) is 0 Å². The molecule has 0 aliphatic rings. The monoisotopic (exact) mass is 309 g/mol. The van der Waals surface area contributed by atoms with Crippen LogP contribution in [-0.2, 0) is 33.2 Å². The minimum atomic E-state index is -0.0591. The van der Waals surface area contributed by atoms with Crippen LogP contribution in [0.25, 0.3) is 0 Å². The molecule has 0 saturated carbocycles. The van der Waals surface area contributed by atoms with Crippen molar-refractivity contribution < 1.29 is 10.2 Å². The smallest absolute Gasteiger partial charge is 0.131 e. The van der Waals surface area contributed by atoms with Crippen LogP contribution in [0.15, 0.2) is 18.2 Å². The van der Waals surface area contributed by atoms with Gasteiger partial charge in [0.25, 0.3) is 0 Å². The van der Waals surface area contributed by atoms with Gasteiger partial charge in [0, 0.05) is 24.8 Å². The lowest BCUT2D eigenvalue weighted by Crippen LogP contribution is -2.03. The highest BCUT2D eigenvalue weighted by molar-refractivity contribution is 6.30. The lowest BCUT2D eigenvalue weighted by molar-refractivity contribution is 0.275. The number of nitrogens with zero attached hydrogens (tertiary/aromatic N) is 2. The van der Waals surface area contributed by atoms with Crippen LogP contribution in [0.2, 0.25) is 5.15 Å². The first-order valence-corrected chi connectivity index (χ1v) is 7.25. The normalized spacial score (nSPS) is 10.9. The molecule has 0 aliphatic heterocycles. The first kappa shape index (κ1) is 15.8. The Morgan fingerprint density at radius 1 is 1.19 bits per heavy atom. The molecule has 5 nitrogen and oxygen atoms in total. The minimum absolute atomic E-state index is 0.0591. The average Bonchev–Trinajstić information content (AvgIpc) is 2.79. The van der Waals surface area contributed by atoms with Crippen LogP contribution in [0.4, 0.5) is 5.69 Å². The second kappa shape index (κ2) is 6.93. The van der Waals surface area contributed by atoms with Gasteiger partial charge in [0.1, 0.15) is 5.15 Å². The number of anilines is 1. The summed E-state index contributed by atoms with van der Waals surface area (Å²) in [6.45, 7) is 2.47. The fraction of sp³-hybridized carbons (Fsp3) is 0.400. The molecule has 0 radical (unpaired) electrons. The topological polar surface area (TPSA) is 70.3 Å². The molecule has 0 saturated heterocycles. The zero-order chi connectivity index (χ0) is 15.4. The van der Waals surface area contributed by atoms with Crippen molar-refractivity contribution in [2.24, 2.45) is 7.05 Å². The lowest BCUT2D eigenvalue weighted by Gasteiger charge is -2.10. The molecule has 0 bridgehead atoms. The number of aryl methyl sites for hydroxylation is 2. The van der Waals surface area contributed by atoms with Gasteiger partial charge in [-0.25, -0.2) is 0 Å². The summed E-state index contributed by atoms with van der Waals surface area (Å²) >= 11 is 6.26. The highest BCUT2D eigenvalue weighted by atomic mass is 35.5. The van der Waals surface area contributed by atoms with Crippen molar-refractivity contribution in [1.82, 2.24) is 9.78 Å². The average molecular weight is 310 g/mol. The van der Waals surface area contributed by atoms with E-state index in [4.69, 9.17) is 11.6 Å². The molecule has 0 atom stereocenters. The summed E-state index contributed by atoms with van der Waals surface area (Å²) in [5.41, 5.74) is 4.30. The van der Waals surface area contributed by atoms with Crippen molar-refractivity contribution in [3.05, 3.63) is 45.7 Å². The van der Waals surface area contributed by atoms with Crippen LogP contribution in [-0.4, -0.2) is 20.0 Å². The van der Waals surface area contributed by atoms with Crippen molar-refractivity contribution in [3.8, 4) is 0 Å². The summed E-state index contributed by atoms with van der Waals surface area (Å²) in [6.07, 6.45) is 0.816. The number of benzene rings is 1. The standard InChI is InChI=1S/C15H20ClN3O2/c1-3-14-13(15(16)19(2)18-14)7-17-12-5-10(8-20)4-11(6-12)9-21/h4-6,17,20-21H,3,7-9H2,1-2H3. The van der Waals surface area contributed by atoms with Crippen LogP contribution < -0.4 is 5.32 Å². The molecule has 1 aromatic heterocycles. The molecule has 0 unspecified atom stereocenters. The molecule has 21 heavy (non-hydrogen) atoms. The zero-order valence-corrected chi connectivity index (χ0v) is 13.0. The third kappa shape index (κ3) is 3.56. The van der Waals surface area contributed by atoms with Gasteiger partial charge in [0.2, 0.25) is 0 Å². The summed E-state index contributed by atoms with van der Waals surface area (Å²) in [5.74, 6) is 0. The third-order valence-corrected chi connectivity index (χ3v) is 3.85. The summed E-state index contributed by atoms with van der Waals surface area (Å²) in [5, 5.41) is 26.8. The number of hydrogen-bond donors (Lipinski definition) is 3. The maximum atomic E-state index is 9.25. The summed E-state index contributed by atoms with van der Waals surface area (Å²) in [4.78, 5) is 0. The molecule has 0 spiro atoms. The second-order valence-corrected chi connectivity index (χ2v) is 5.26. The van der Waals surface area contributed by atoms with Gasteiger partial charge in [0.05, 0.1) is 18.9 Å². The summed E-state index contributed by atoms with van der Waals surface area (Å²) < 4.78 is 1.67. The number of aliphatic hydroxyl groups excluding tert-OH is 2. The Balaban J connectivity index is 2.20. The van der Waals surface area contributed by atoms with E-state index in [0.717, 1.165) is 34.5 Å². The fourth-order valence-electron chi connectivity index (χ4n) is 2.30. The Kier molecular flexibility index (Phi) is 5.22. The zero-order valence-electron chi connectivity index (χ0n) is 12.2. The van der Waals surface area contributed by atoms with Crippen molar-refractivity contribution in [2.75, 3.05) is 5.32 Å². The predicted molar refractivity (Wildman–Crippen MR) is 83.2 cm³/mol. The fourth-order valence-corrected chi connectivity index (χ4v) is 2.51. The largest absolute Gasteiger partial charge is 0.392 e. The molecule has 0 amide bonds. The molecule has 2 aromatic rings. The highest BCUT2D eigenvalue weighted by Gasteiger charge is 2.13. The molecule has 2 rings (SSSR count). The molecule has 1 heterocycles. The van der Waals surface area contributed by atoms with Crippen molar-refractivity contribution >= 4 is 17.3 Å². The number of rotatable bonds is 6. The third-order valence-electron chi connectivity index (χ3n) is 3.37. The van der Waals surface area contributed by atoms with Gasteiger partial charge in [-0.05, 0) is 29.7 Å². The van der Waals surface area contributed by atoms with E-state index in [1.165, 1.54) is 0 Å². The number of aromatic nitrogens is 2. The van der Waals surface area contributed by atoms with Gasteiger partial charge in [-0.3, -0.25) is 4.68 Å². The molecular weight excluding hydrogens is 290 g/mol. The summed E-state index contributed by atoms with van der Waals surface area (Å²) in [7, 11) is 1.82. The van der Waals surface area contributed by atoms with E-state index in [1.807, 2.05) is 26.1 Å². The van der Waals surface area contributed by atoms with Gasteiger partial charge in [0.15, 0.2) is 0 Å². The SMILES string of the molecule is CCc1nn(C)c(Cl)c1CNc1cc(CO)cc(CO)c1. The van der Waals surface area contributed by atoms with Gasteiger partial charge >= 0.3 is 0 Å². The predicted octanol–water partition coefficient (Wildman–Crippen LogP) is 2.23. The Morgan fingerprint density at radius 2 is 1.81 bits per heavy atom. The summed E-state index contributed by atoms with van der Waals surface area (Å²) in [6, 6.07) is 5.49. The number of nitrogens with one attached hydrogen (secondary N) is 1. The molecule has 0 fully saturated rings. The van der Waals surface area contributed by atoms with E-state index in [2.05, 4.69) is 10.4 Å². The van der Waals surface area contributed by atoms with E-state index in [9.17, 15) is 10.2 Å². The quantitative estimate of drug-likeness (QED) is 0.765. The van der Waals surface area contributed by atoms with Crippen molar-refractivity contribution in [2.45, 2.75) is 33.1 Å². The van der Waals surface area contributed by atoms with Crippen LogP contribution >= 0.6 is 11.6 Å². The van der Waals surface area contributed by atoms with E-state index in [1.54, 1.807) is 10.7 Å². The van der Waals surface area contributed by atoms with E-state index in [0.29, 0.717) is 11.7 Å². The van der Waals surface area contributed by atoms with Gasteiger partial charge in [-0.1, -0.05) is 24.6 Å². The van der Waals surface area contributed by atoms with E-state index in [-0.39, 0.29) is 13.2 Å². The van der Waals surface area contributed by atoms with Crippen LogP contribution in [0.1, 0.15) is 29.3 Å². The van der Waals surface area contributed by atoms with E-state index < -0.39 is 0 Å². The minimum Gasteiger partial charge on any atom is -0.392 e. The highest BCUT2D eigenvalue weighted by Crippen LogP contribution is 2.22. The number of hydrogen-bond acceptors (Lipinski definition) is 4. The van der Waals surface area contributed by atoms with Crippen LogP contribution in [0.5, 0.6) is 0 Å². The Hall–Kier alpha value is -1.56. The molecule has 3 N–H and O–H groups in total. The molecular formula is C15H20ClN3O2. The number of halogens is 1. The molecule has 1 aromatic carbocycles. The van der Waals surface area contributed by atoms with Crippen molar-refractivity contribution in [1.29, 1.82) is 0 Å². The first-order chi connectivity index (χ1) is 10.1. The molecule has 114 valence electrons. The maximum absolute atomic E-state index is 9.25. The number of aliphatic hydroxyl groups is 2. The Morgan fingerprint density at radius 3 is 2.33 bits per heavy atom. The van der Waals surface area contributed by atoms with E-state index >= 15 is 0 Å². The second-order valence-electron chi connectivity index (χ2n) is 4.90. The van der Waals surface area contributed by atoms with Crippen LogP contribution in [0, 0.1) is 0 Å². The van der Waals surface area contributed by atoms with Crippen LogP contribution in [0.3, 0.4) is 0 Å². The molecule has 6 heteroatoms. The molecule has 0 aliphatic carbocycles. The van der Waals surface area contributed by atoms with Gasteiger partial charge in [-0.2, -0.15) is 5.10 Å². The Bertz CT molecular complexity index is 603. The Labute approximate surface area is 129 Å². The lowest BCUT2D eigenvalue weighted by atomic mass is 10.1. The van der Waals surface area contributed by atoms with Gasteiger partial charge in [-0.15, -0.1) is 0 Å². The van der Waals surface area contributed by atoms with Gasteiger partial charge < -0.3 is 15.5 Å². The first-order valence-electron chi connectivity index (χ1n) is 6.87. The maximum Gasteiger partial charge on any atom is 0.131 e.